The number of rotatable bonds is 4. The van der Waals surface area contributed by atoms with Crippen LogP contribution in [0.3, 0.4) is 0 Å². The third kappa shape index (κ3) is 4.32. The van der Waals surface area contributed by atoms with Crippen LogP contribution in [0.5, 0.6) is 0 Å². The first kappa shape index (κ1) is 9.90. The predicted octanol–water partition coefficient (Wildman–Crippen LogP) is -1.95. The lowest BCUT2D eigenvalue weighted by Gasteiger charge is -2.08. The molecule has 0 amide bonds. The van der Waals surface area contributed by atoms with E-state index in [0.717, 1.165) is 0 Å². The molecule has 0 saturated heterocycles. The molecular weight excluding hydrogens is 152 g/mol. The van der Waals surface area contributed by atoms with Crippen molar-refractivity contribution in [3.63, 3.8) is 0 Å². The quantitative estimate of drug-likeness (QED) is 0.484. The maximum Gasteiger partial charge on any atom is 0.335 e. The Morgan fingerprint density at radius 2 is 2.18 bits per heavy atom. The van der Waals surface area contributed by atoms with Gasteiger partial charge in [0.15, 0.2) is 6.10 Å². The zero-order valence-corrected chi connectivity index (χ0v) is 6.07. The van der Waals surface area contributed by atoms with Gasteiger partial charge in [-0.25, -0.2) is 4.79 Å². The van der Waals surface area contributed by atoms with E-state index in [4.69, 9.17) is 5.11 Å². The van der Waals surface area contributed by atoms with Crippen molar-refractivity contribution in [1.29, 1.82) is 0 Å². The van der Waals surface area contributed by atoms with Gasteiger partial charge in [0.25, 0.3) is 0 Å². The largest absolute Gasteiger partial charge is 0.550 e. The molecule has 1 N–H and O–H groups in total. The van der Waals surface area contributed by atoms with Crippen LogP contribution in [0.1, 0.15) is 13.3 Å². The molecule has 0 aliphatic heterocycles. The van der Waals surface area contributed by atoms with Crippen LogP contribution in [-0.2, 0) is 14.3 Å². The third-order valence-corrected chi connectivity index (χ3v) is 0.919. The molecular formula is C6H9O5-. The standard InChI is InChI=1S/C6H10O5/c1-2-11-6(10)4(7)3-5(8)9/h4,7H,2-3H2,1H3,(H,8,9)/p-1. The van der Waals surface area contributed by atoms with Gasteiger partial charge in [-0.05, 0) is 6.92 Å². The van der Waals surface area contributed by atoms with Crippen LogP contribution in [-0.4, -0.2) is 29.8 Å². The molecule has 0 radical (unpaired) electrons. The van der Waals surface area contributed by atoms with Crippen molar-refractivity contribution in [3.05, 3.63) is 0 Å². The number of aliphatic carboxylic acids is 1. The molecule has 5 heteroatoms. The molecule has 0 aliphatic carbocycles. The predicted molar refractivity (Wildman–Crippen MR) is 32.3 cm³/mol. The van der Waals surface area contributed by atoms with E-state index in [1.807, 2.05) is 0 Å². The highest BCUT2D eigenvalue weighted by molar-refractivity contribution is 5.79. The Kier molecular flexibility index (Phi) is 4.21. The van der Waals surface area contributed by atoms with Crippen molar-refractivity contribution < 1.29 is 24.5 Å². The van der Waals surface area contributed by atoms with E-state index in [-0.39, 0.29) is 6.61 Å². The fraction of sp³-hybridized carbons (Fsp3) is 0.667. The highest BCUT2D eigenvalue weighted by Gasteiger charge is 2.15. The van der Waals surface area contributed by atoms with Crippen LogP contribution in [0.4, 0.5) is 0 Å². The van der Waals surface area contributed by atoms with Crippen molar-refractivity contribution in [2.75, 3.05) is 6.61 Å². The molecule has 0 aromatic carbocycles. The summed E-state index contributed by atoms with van der Waals surface area (Å²) in [5.41, 5.74) is 0. The van der Waals surface area contributed by atoms with Gasteiger partial charge in [0.2, 0.25) is 0 Å². The molecule has 1 unspecified atom stereocenters. The van der Waals surface area contributed by atoms with Crippen molar-refractivity contribution in [2.24, 2.45) is 0 Å². The molecule has 64 valence electrons. The fourth-order valence-electron chi connectivity index (χ4n) is 0.480. The zero-order valence-electron chi connectivity index (χ0n) is 6.07. The number of esters is 1. The van der Waals surface area contributed by atoms with Crippen molar-refractivity contribution in [2.45, 2.75) is 19.4 Å². The summed E-state index contributed by atoms with van der Waals surface area (Å²) in [4.78, 5) is 20.4. The molecule has 0 aromatic rings. The molecule has 5 nitrogen and oxygen atoms in total. The minimum atomic E-state index is -1.61. The van der Waals surface area contributed by atoms with E-state index in [1.165, 1.54) is 0 Å². The summed E-state index contributed by atoms with van der Waals surface area (Å²) in [5.74, 6) is -2.41. The zero-order chi connectivity index (χ0) is 8.85. The van der Waals surface area contributed by atoms with Crippen molar-refractivity contribution in [3.8, 4) is 0 Å². The number of hydrogen-bond donors (Lipinski definition) is 1. The van der Waals surface area contributed by atoms with Gasteiger partial charge in [-0.15, -0.1) is 0 Å². The Morgan fingerprint density at radius 1 is 1.64 bits per heavy atom. The van der Waals surface area contributed by atoms with Crippen molar-refractivity contribution >= 4 is 11.9 Å². The summed E-state index contributed by atoms with van der Waals surface area (Å²) in [5, 5.41) is 18.6. The molecule has 0 heterocycles. The summed E-state index contributed by atoms with van der Waals surface area (Å²) < 4.78 is 4.32. The van der Waals surface area contributed by atoms with Crippen molar-refractivity contribution in [1.82, 2.24) is 0 Å². The number of carbonyl (C=O) groups excluding carboxylic acids is 2. The Morgan fingerprint density at radius 3 is 2.55 bits per heavy atom. The molecule has 0 spiro atoms. The third-order valence-electron chi connectivity index (χ3n) is 0.919. The lowest BCUT2D eigenvalue weighted by atomic mass is 10.2. The number of carbonyl (C=O) groups is 2. The Balaban J connectivity index is 3.73. The second-order valence-corrected chi connectivity index (χ2v) is 1.84. The number of aliphatic hydroxyl groups is 1. The second-order valence-electron chi connectivity index (χ2n) is 1.84. The Bertz CT molecular complexity index is 153. The molecule has 0 saturated carbocycles. The molecule has 0 aliphatic rings. The van der Waals surface area contributed by atoms with Gasteiger partial charge in [-0.2, -0.15) is 0 Å². The maximum absolute atomic E-state index is 10.5. The SMILES string of the molecule is CCOC(=O)C(O)CC(=O)[O-]. The lowest BCUT2D eigenvalue weighted by molar-refractivity contribution is -0.307. The second kappa shape index (κ2) is 4.68. The average Bonchev–Trinajstić information content (AvgIpc) is 1.86. The summed E-state index contributed by atoms with van der Waals surface area (Å²) in [6, 6.07) is 0. The summed E-state index contributed by atoms with van der Waals surface area (Å²) in [7, 11) is 0. The Labute approximate surface area is 63.6 Å². The minimum Gasteiger partial charge on any atom is -0.550 e. The van der Waals surface area contributed by atoms with E-state index >= 15 is 0 Å². The molecule has 1 atom stereocenters. The normalized spacial score (nSPS) is 12.2. The highest BCUT2D eigenvalue weighted by atomic mass is 16.5. The summed E-state index contributed by atoms with van der Waals surface area (Å²) in [6.07, 6.45) is -2.33. The van der Waals surface area contributed by atoms with Crippen LogP contribution < -0.4 is 5.11 Å². The van der Waals surface area contributed by atoms with Gasteiger partial charge in [0.05, 0.1) is 6.61 Å². The van der Waals surface area contributed by atoms with E-state index in [2.05, 4.69) is 4.74 Å². The van der Waals surface area contributed by atoms with E-state index in [9.17, 15) is 14.7 Å². The first-order chi connectivity index (χ1) is 5.07. The first-order valence-corrected chi connectivity index (χ1v) is 3.12. The maximum atomic E-state index is 10.5. The lowest BCUT2D eigenvalue weighted by Crippen LogP contribution is -2.32. The van der Waals surface area contributed by atoms with Gasteiger partial charge in [0, 0.05) is 12.4 Å². The number of ether oxygens (including phenoxy) is 1. The Hall–Kier alpha value is -1.10. The van der Waals surface area contributed by atoms with Crippen LogP contribution >= 0.6 is 0 Å². The van der Waals surface area contributed by atoms with Gasteiger partial charge < -0.3 is 19.7 Å². The summed E-state index contributed by atoms with van der Waals surface area (Å²) in [6.45, 7) is 1.67. The van der Waals surface area contributed by atoms with Gasteiger partial charge in [-0.3, -0.25) is 0 Å². The molecule has 0 fully saturated rings. The highest BCUT2D eigenvalue weighted by Crippen LogP contribution is 1.93. The van der Waals surface area contributed by atoms with Gasteiger partial charge in [0.1, 0.15) is 0 Å². The number of aliphatic hydroxyl groups excluding tert-OH is 1. The smallest absolute Gasteiger partial charge is 0.335 e. The average molecular weight is 161 g/mol. The monoisotopic (exact) mass is 161 g/mol. The van der Waals surface area contributed by atoms with E-state index < -0.39 is 24.5 Å². The first-order valence-electron chi connectivity index (χ1n) is 3.12. The molecule has 0 bridgehead atoms. The van der Waals surface area contributed by atoms with Crippen LogP contribution in [0.2, 0.25) is 0 Å². The molecule has 0 rings (SSSR count). The number of carboxylic acid groups (broad SMARTS) is 1. The molecule has 0 aromatic heterocycles. The minimum absolute atomic E-state index is 0.114. The number of carboxylic acids is 1. The molecule has 11 heavy (non-hydrogen) atoms. The van der Waals surface area contributed by atoms with E-state index in [0.29, 0.717) is 0 Å². The van der Waals surface area contributed by atoms with Crippen LogP contribution in [0, 0.1) is 0 Å². The summed E-state index contributed by atoms with van der Waals surface area (Å²) >= 11 is 0. The van der Waals surface area contributed by atoms with Crippen LogP contribution in [0.25, 0.3) is 0 Å². The van der Waals surface area contributed by atoms with E-state index in [1.54, 1.807) is 6.92 Å². The fourth-order valence-corrected chi connectivity index (χ4v) is 0.480. The number of hydrogen-bond acceptors (Lipinski definition) is 5. The topological polar surface area (TPSA) is 86.7 Å². The van der Waals surface area contributed by atoms with Crippen LogP contribution in [0.15, 0.2) is 0 Å². The van der Waals surface area contributed by atoms with Gasteiger partial charge >= 0.3 is 5.97 Å². The van der Waals surface area contributed by atoms with Gasteiger partial charge in [-0.1, -0.05) is 0 Å².